The Morgan fingerprint density at radius 3 is 3.00 bits per heavy atom. The topological polar surface area (TPSA) is 84.1 Å². The maximum Gasteiger partial charge on any atom is 0.311 e. The third kappa shape index (κ3) is 3.36. The quantitative estimate of drug-likeness (QED) is 0.849. The van der Waals surface area contributed by atoms with E-state index < -0.39 is 0 Å². The summed E-state index contributed by atoms with van der Waals surface area (Å²) in [6, 6.07) is 5.24. The molecule has 6 heteroatoms. The van der Waals surface area contributed by atoms with Gasteiger partial charge in [0.15, 0.2) is 0 Å². The fraction of sp³-hybridized carbons (Fsp3) is 0.471. The molecule has 1 saturated carbocycles. The fourth-order valence-corrected chi connectivity index (χ4v) is 3.17. The average molecular weight is 315 g/mol. The van der Waals surface area contributed by atoms with E-state index in [0.717, 1.165) is 36.6 Å². The summed E-state index contributed by atoms with van der Waals surface area (Å²) in [6.45, 7) is 2.17. The van der Waals surface area contributed by atoms with E-state index in [-0.39, 0.29) is 23.8 Å². The van der Waals surface area contributed by atoms with Crippen molar-refractivity contribution in [2.45, 2.75) is 38.6 Å². The molecule has 3 rings (SSSR count). The highest BCUT2D eigenvalue weighted by molar-refractivity contribution is 5.98. The molecule has 122 valence electrons. The zero-order valence-electron chi connectivity index (χ0n) is 13.2. The largest absolute Gasteiger partial charge is 0.466 e. The van der Waals surface area contributed by atoms with Gasteiger partial charge in [0.2, 0.25) is 0 Å². The Hall–Kier alpha value is -2.37. The standard InChI is InChI=1S/C17H21N3O3/c1-2-23-17(22)13-5-3-4-6-15(13)19-16(21)11-7-8-14-12(9-11)10-18-20-14/h7-10,13,15H,2-6H2,1H3,(H,18,20)(H,19,21)/t13-,15-/m1/s1. The van der Waals surface area contributed by atoms with Crippen molar-refractivity contribution in [3.8, 4) is 0 Å². The Bertz CT molecular complexity index is 710. The van der Waals surface area contributed by atoms with Gasteiger partial charge in [-0.1, -0.05) is 12.8 Å². The van der Waals surface area contributed by atoms with Crippen molar-refractivity contribution in [2.24, 2.45) is 5.92 Å². The molecule has 1 aliphatic carbocycles. The second-order valence-electron chi connectivity index (χ2n) is 5.89. The highest BCUT2D eigenvalue weighted by Gasteiger charge is 2.33. The molecule has 2 atom stereocenters. The van der Waals surface area contributed by atoms with Crippen LogP contribution in [-0.4, -0.2) is 34.7 Å². The van der Waals surface area contributed by atoms with Crippen molar-refractivity contribution < 1.29 is 14.3 Å². The predicted molar refractivity (Wildman–Crippen MR) is 85.9 cm³/mol. The van der Waals surface area contributed by atoms with Gasteiger partial charge in [-0.25, -0.2) is 0 Å². The monoisotopic (exact) mass is 315 g/mol. The van der Waals surface area contributed by atoms with E-state index in [0.29, 0.717) is 12.2 Å². The Labute approximate surface area is 134 Å². The molecule has 1 heterocycles. The maximum absolute atomic E-state index is 12.5. The molecule has 0 aliphatic heterocycles. The van der Waals surface area contributed by atoms with Crippen LogP contribution in [0.25, 0.3) is 10.9 Å². The smallest absolute Gasteiger partial charge is 0.311 e. The lowest BCUT2D eigenvalue weighted by atomic mass is 9.84. The van der Waals surface area contributed by atoms with Crippen LogP contribution < -0.4 is 5.32 Å². The summed E-state index contributed by atoms with van der Waals surface area (Å²) in [4.78, 5) is 24.6. The number of carbonyl (C=O) groups excluding carboxylic acids is 2. The van der Waals surface area contributed by atoms with Crippen LogP contribution in [0.5, 0.6) is 0 Å². The van der Waals surface area contributed by atoms with E-state index in [1.807, 2.05) is 6.07 Å². The molecule has 0 saturated heterocycles. The number of aromatic amines is 1. The molecule has 2 N–H and O–H groups in total. The normalized spacial score (nSPS) is 21.1. The van der Waals surface area contributed by atoms with Crippen LogP contribution in [0.2, 0.25) is 0 Å². The van der Waals surface area contributed by atoms with E-state index in [4.69, 9.17) is 4.74 Å². The van der Waals surface area contributed by atoms with E-state index in [2.05, 4.69) is 15.5 Å². The first-order valence-corrected chi connectivity index (χ1v) is 8.09. The summed E-state index contributed by atoms with van der Waals surface area (Å²) in [7, 11) is 0. The molecule has 1 amide bonds. The Kier molecular flexibility index (Phi) is 4.60. The summed E-state index contributed by atoms with van der Waals surface area (Å²) in [5.41, 5.74) is 1.47. The minimum absolute atomic E-state index is 0.157. The molecule has 0 bridgehead atoms. The minimum Gasteiger partial charge on any atom is -0.466 e. The Balaban J connectivity index is 1.72. The molecule has 0 unspecified atom stereocenters. The predicted octanol–water partition coefficient (Wildman–Crippen LogP) is 2.41. The second kappa shape index (κ2) is 6.81. The van der Waals surface area contributed by atoms with Gasteiger partial charge in [-0.2, -0.15) is 5.10 Å². The molecule has 1 aliphatic rings. The SMILES string of the molecule is CCOC(=O)[C@@H]1CCCC[C@H]1NC(=O)c1ccc2[nH]ncc2c1. The molecule has 6 nitrogen and oxygen atoms in total. The van der Waals surface area contributed by atoms with Gasteiger partial charge in [-0.05, 0) is 38.0 Å². The number of amides is 1. The van der Waals surface area contributed by atoms with Crippen molar-refractivity contribution in [2.75, 3.05) is 6.61 Å². The zero-order valence-corrected chi connectivity index (χ0v) is 13.2. The van der Waals surface area contributed by atoms with Crippen LogP contribution in [0, 0.1) is 5.92 Å². The lowest BCUT2D eigenvalue weighted by Gasteiger charge is -2.30. The summed E-state index contributed by atoms with van der Waals surface area (Å²) in [5.74, 6) is -0.609. The van der Waals surface area contributed by atoms with Gasteiger partial charge in [0.25, 0.3) is 5.91 Å². The first-order chi connectivity index (χ1) is 11.2. The Morgan fingerprint density at radius 1 is 1.35 bits per heavy atom. The first-order valence-electron chi connectivity index (χ1n) is 8.09. The number of benzene rings is 1. The number of rotatable bonds is 4. The van der Waals surface area contributed by atoms with Gasteiger partial charge in [0.05, 0.1) is 24.2 Å². The molecule has 1 aromatic heterocycles. The van der Waals surface area contributed by atoms with Gasteiger partial charge >= 0.3 is 5.97 Å². The summed E-state index contributed by atoms with van der Waals surface area (Å²) >= 11 is 0. The molecule has 2 aromatic rings. The van der Waals surface area contributed by atoms with E-state index in [9.17, 15) is 9.59 Å². The van der Waals surface area contributed by atoms with Gasteiger partial charge in [0.1, 0.15) is 0 Å². The number of nitrogens with one attached hydrogen (secondary N) is 2. The van der Waals surface area contributed by atoms with Crippen LogP contribution in [-0.2, 0) is 9.53 Å². The summed E-state index contributed by atoms with van der Waals surface area (Å²) in [6.07, 6.45) is 5.28. The number of aromatic nitrogens is 2. The number of carbonyl (C=O) groups is 2. The number of fused-ring (bicyclic) bond motifs is 1. The third-order valence-corrected chi connectivity index (χ3v) is 4.37. The lowest BCUT2D eigenvalue weighted by Crippen LogP contribution is -2.45. The van der Waals surface area contributed by atoms with Crippen LogP contribution >= 0.6 is 0 Å². The van der Waals surface area contributed by atoms with Crippen LogP contribution in [0.4, 0.5) is 0 Å². The third-order valence-electron chi connectivity index (χ3n) is 4.37. The molecular weight excluding hydrogens is 294 g/mol. The number of nitrogens with zero attached hydrogens (tertiary/aromatic N) is 1. The average Bonchev–Trinajstić information content (AvgIpc) is 3.03. The van der Waals surface area contributed by atoms with E-state index in [1.54, 1.807) is 25.3 Å². The summed E-state index contributed by atoms with van der Waals surface area (Å²) in [5, 5.41) is 10.7. The highest BCUT2D eigenvalue weighted by atomic mass is 16.5. The second-order valence-corrected chi connectivity index (χ2v) is 5.89. The van der Waals surface area contributed by atoms with Crippen molar-refractivity contribution in [3.63, 3.8) is 0 Å². The number of esters is 1. The summed E-state index contributed by atoms with van der Waals surface area (Å²) < 4.78 is 5.14. The first kappa shape index (κ1) is 15.5. The van der Waals surface area contributed by atoms with Gasteiger partial charge in [-0.3, -0.25) is 14.7 Å². The van der Waals surface area contributed by atoms with Crippen molar-refractivity contribution in [1.82, 2.24) is 15.5 Å². The number of H-pyrrole nitrogens is 1. The van der Waals surface area contributed by atoms with Gasteiger partial charge < -0.3 is 10.1 Å². The van der Waals surface area contributed by atoms with Crippen molar-refractivity contribution in [1.29, 1.82) is 0 Å². The van der Waals surface area contributed by atoms with E-state index in [1.165, 1.54) is 0 Å². The fourth-order valence-electron chi connectivity index (χ4n) is 3.17. The van der Waals surface area contributed by atoms with Gasteiger partial charge in [0, 0.05) is 17.0 Å². The molecule has 0 spiro atoms. The maximum atomic E-state index is 12.5. The van der Waals surface area contributed by atoms with Crippen molar-refractivity contribution in [3.05, 3.63) is 30.0 Å². The minimum atomic E-state index is -0.245. The van der Waals surface area contributed by atoms with Crippen LogP contribution in [0.1, 0.15) is 43.0 Å². The number of ether oxygens (including phenoxy) is 1. The zero-order chi connectivity index (χ0) is 16.2. The molecule has 1 fully saturated rings. The number of hydrogen-bond donors (Lipinski definition) is 2. The van der Waals surface area contributed by atoms with Crippen LogP contribution in [0.3, 0.4) is 0 Å². The molecular formula is C17H21N3O3. The van der Waals surface area contributed by atoms with Gasteiger partial charge in [-0.15, -0.1) is 0 Å². The number of hydrogen-bond acceptors (Lipinski definition) is 4. The highest BCUT2D eigenvalue weighted by Crippen LogP contribution is 2.26. The van der Waals surface area contributed by atoms with Crippen LogP contribution in [0.15, 0.2) is 24.4 Å². The Morgan fingerprint density at radius 2 is 2.17 bits per heavy atom. The molecule has 1 aromatic carbocycles. The molecule has 0 radical (unpaired) electrons. The lowest BCUT2D eigenvalue weighted by molar-refractivity contribution is -0.150. The molecule has 23 heavy (non-hydrogen) atoms. The van der Waals surface area contributed by atoms with Crippen molar-refractivity contribution >= 4 is 22.8 Å². The van der Waals surface area contributed by atoms with E-state index >= 15 is 0 Å².